The molecule has 0 atom stereocenters. The Kier molecular flexibility index (Phi) is 4.57. The molecule has 0 N–H and O–H groups in total. The zero-order chi connectivity index (χ0) is 18.1. The summed E-state index contributed by atoms with van der Waals surface area (Å²) in [5, 5.41) is 3.34. The molecule has 2 heterocycles. The van der Waals surface area contributed by atoms with Crippen LogP contribution in [0.4, 0.5) is 0 Å². The Morgan fingerprint density at radius 3 is 2.62 bits per heavy atom. The van der Waals surface area contributed by atoms with E-state index in [4.69, 9.17) is 4.74 Å². The Morgan fingerprint density at radius 2 is 1.77 bits per heavy atom. The van der Waals surface area contributed by atoms with E-state index < -0.39 is 0 Å². The molecule has 0 aliphatic carbocycles. The molecule has 0 amide bonds. The van der Waals surface area contributed by atoms with E-state index in [2.05, 4.69) is 59.6 Å². The van der Waals surface area contributed by atoms with Crippen molar-refractivity contribution < 1.29 is 9.53 Å². The molecule has 2 aromatic carbocycles. The maximum atomic E-state index is 12.0. The van der Waals surface area contributed by atoms with Crippen LogP contribution in [0.5, 0.6) is 0 Å². The molecule has 26 heavy (non-hydrogen) atoms. The first-order valence-electron chi connectivity index (χ1n) is 8.40. The van der Waals surface area contributed by atoms with Gasteiger partial charge in [0, 0.05) is 4.88 Å². The lowest BCUT2D eigenvalue weighted by Gasteiger charge is -2.03. The van der Waals surface area contributed by atoms with Gasteiger partial charge in [0.1, 0.15) is 9.88 Å². The molecule has 0 radical (unpaired) electrons. The maximum absolute atomic E-state index is 12.0. The molecule has 4 aromatic rings. The van der Waals surface area contributed by atoms with Crippen LogP contribution in [0.3, 0.4) is 0 Å². The molecule has 0 bridgehead atoms. The number of thiophene rings is 1. The van der Waals surface area contributed by atoms with Crippen LogP contribution in [0.1, 0.15) is 22.3 Å². The highest BCUT2D eigenvalue weighted by atomic mass is 32.1. The smallest absolute Gasteiger partial charge is 0.350 e. The van der Waals surface area contributed by atoms with E-state index in [1.165, 1.54) is 32.5 Å². The second-order valence-electron chi connectivity index (χ2n) is 5.84. The second-order valence-corrected chi connectivity index (χ2v) is 7.93. The van der Waals surface area contributed by atoms with E-state index in [-0.39, 0.29) is 5.97 Å². The Hall–Kier alpha value is -2.50. The number of benzene rings is 2. The first-order valence-corrected chi connectivity index (χ1v) is 10.0. The summed E-state index contributed by atoms with van der Waals surface area (Å²) >= 11 is 3.09. The summed E-state index contributed by atoms with van der Waals surface area (Å²) in [4.78, 5) is 19.5. The van der Waals surface area contributed by atoms with Gasteiger partial charge in [0.2, 0.25) is 0 Å². The van der Waals surface area contributed by atoms with Gasteiger partial charge in [0.25, 0.3) is 0 Å². The van der Waals surface area contributed by atoms with E-state index >= 15 is 0 Å². The molecule has 0 fully saturated rings. The number of aromatic nitrogens is 1. The number of esters is 1. The van der Waals surface area contributed by atoms with E-state index in [0.29, 0.717) is 11.5 Å². The molecule has 3 nitrogen and oxygen atoms in total. The lowest BCUT2D eigenvalue weighted by Crippen LogP contribution is -2.03. The van der Waals surface area contributed by atoms with Crippen molar-refractivity contribution in [1.29, 1.82) is 0 Å². The van der Waals surface area contributed by atoms with Crippen molar-refractivity contribution in [1.82, 2.24) is 4.98 Å². The van der Waals surface area contributed by atoms with Crippen LogP contribution in [-0.2, 0) is 4.74 Å². The normalized spacial score (nSPS) is 11.0. The third-order valence-corrected chi connectivity index (χ3v) is 6.55. The average Bonchev–Trinajstić information content (AvgIpc) is 3.28. The van der Waals surface area contributed by atoms with Gasteiger partial charge in [-0.2, -0.15) is 0 Å². The molecule has 0 aliphatic rings. The fourth-order valence-corrected chi connectivity index (χ4v) is 4.99. The maximum Gasteiger partial charge on any atom is 0.350 e. The predicted molar refractivity (Wildman–Crippen MR) is 109 cm³/mol. The fourth-order valence-electron chi connectivity index (χ4n) is 2.93. The van der Waals surface area contributed by atoms with Crippen molar-refractivity contribution in [2.45, 2.75) is 13.8 Å². The molecule has 0 aliphatic heterocycles. The summed E-state index contributed by atoms with van der Waals surface area (Å²) in [7, 11) is 0. The van der Waals surface area contributed by atoms with Crippen LogP contribution in [0, 0.1) is 6.92 Å². The lowest BCUT2D eigenvalue weighted by atomic mass is 10.0. The van der Waals surface area contributed by atoms with Gasteiger partial charge in [-0.25, -0.2) is 9.78 Å². The Labute approximate surface area is 159 Å². The lowest BCUT2D eigenvalue weighted by molar-refractivity contribution is 0.0531. The molecular weight excluding hydrogens is 362 g/mol. The first kappa shape index (κ1) is 16.9. The highest BCUT2D eigenvalue weighted by Gasteiger charge is 2.18. The van der Waals surface area contributed by atoms with Crippen LogP contribution < -0.4 is 0 Å². The van der Waals surface area contributed by atoms with E-state index in [1.807, 2.05) is 13.8 Å². The molecule has 0 unspecified atom stereocenters. The third kappa shape index (κ3) is 3.04. The van der Waals surface area contributed by atoms with Gasteiger partial charge in [-0.15, -0.1) is 22.7 Å². The Morgan fingerprint density at radius 1 is 1.00 bits per heavy atom. The van der Waals surface area contributed by atoms with Gasteiger partial charge in [0.15, 0.2) is 0 Å². The number of aryl methyl sites for hydroxylation is 1. The van der Waals surface area contributed by atoms with Crippen LogP contribution in [0.25, 0.3) is 31.1 Å². The zero-order valence-corrected chi connectivity index (χ0v) is 16.1. The van der Waals surface area contributed by atoms with Gasteiger partial charge < -0.3 is 4.74 Å². The molecule has 0 saturated carbocycles. The minimum atomic E-state index is -0.292. The number of hydrogen-bond acceptors (Lipinski definition) is 5. The van der Waals surface area contributed by atoms with Crippen molar-refractivity contribution in [2.24, 2.45) is 0 Å². The molecule has 4 rings (SSSR count). The van der Waals surface area contributed by atoms with E-state index in [0.717, 1.165) is 15.6 Å². The summed E-state index contributed by atoms with van der Waals surface area (Å²) in [6.45, 7) is 4.03. The van der Waals surface area contributed by atoms with Gasteiger partial charge in [-0.3, -0.25) is 0 Å². The summed E-state index contributed by atoms with van der Waals surface area (Å²) in [5.41, 5.74) is 1.95. The number of ether oxygens (including phenoxy) is 1. The Bertz CT molecular complexity index is 1090. The van der Waals surface area contributed by atoms with Crippen LogP contribution in [0.2, 0.25) is 0 Å². The van der Waals surface area contributed by atoms with Gasteiger partial charge >= 0.3 is 5.97 Å². The molecule has 130 valence electrons. The van der Waals surface area contributed by atoms with Crippen LogP contribution in [0.15, 0.2) is 54.6 Å². The number of hydrogen-bond donors (Lipinski definition) is 0. The highest BCUT2D eigenvalue weighted by Crippen LogP contribution is 2.39. The van der Waals surface area contributed by atoms with Crippen molar-refractivity contribution in [2.75, 3.05) is 6.61 Å². The quantitative estimate of drug-likeness (QED) is 0.398. The number of carbonyl (C=O) groups is 1. The van der Waals surface area contributed by atoms with Gasteiger partial charge in [-0.1, -0.05) is 42.5 Å². The molecule has 5 heteroatoms. The molecule has 0 spiro atoms. The second kappa shape index (κ2) is 7.02. The standard InChI is InChI=1S/C21H17NO2S2/c1-3-24-21(23)19-13(2)22-20(26-19)18-12-11-17(25-18)16-10-6-8-14-7-4-5-9-15(14)16/h4-12H,3H2,1-2H3. The summed E-state index contributed by atoms with van der Waals surface area (Å²) < 4.78 is 5.12. The number of carbonyl (C=O) groups excluding carboxylic acids is 1. The minimum absolute atomic E-state index is 0.292. The predicted octanol–water partition coefficient (Wildman–Crippen LogP) is 6.18. The minimum Gasteiger partial charge on any atom is -0.462 e. The SMILES string of the molecule is CCOC(=O)c1sc(-c2ccc(-c3cccc4ccccc34)s2)nc1C. The van der Waals surface area contributed by atoms with Crippen LogP contribution in [-0.4, -0.2) is 17.6 Å². The highest BCUT2D eigenvalue weighted by molar-refractivity contribution is 7.24. The van der Waals surface area contributed by atoms with Gasteiger partial charge in [0.05, 0.1) is 17.2 Å². The summed E-state index contributed by atoms with van der Waals surface area (Å²) in [5.74, 6) is -0.292. The van der Waals surface area contributed by atoms with Crippen molar-refractivity contribution in [3.05, 3.63) is 65.2 Å². The van der Waals surface area contributed by atoms with Crippen LogP contribution >= 0.6 is 22.7 Å². The van der Waals surface area contributed by atoms with E-state index in [1.54, 1.807) is 11.3 Å². The van der Waals surface area contributed by atoms with Gasteiger partial charge in [-0.05, 0) is 42.3 Å². The molecular formula is C21H17NO2S2. The summed E-state index contributed by atoms with van der Waals surface area (Å²) in [6, 6.07) is 19.0. The largest absolute Gasteiger partial charge is 0.462 e. The number of rotatable bonds is 4. The molecule has 0 saturated heterocycles. The monoisotopic (exact) mass is 379 g/mol. The Balaban J connectivity index is 1.73. The average molecular weight is 380 g/mol. The number of thiazole rings is 1. The zero-order valence-electron chi connectivity index (χ0n) is 14.5. The number of nitrogens with zero attached hydrogens (tertiary/aromatic N) is 1. The third-order valence-electron chi connectivity index (χ3n) is 4.13. The van der Waals surface area contributed by atoms with Crippen molar-refractivity contribution in [3.8, 4) is 20.3 Å². The molecule has 2 aromatic heterocycles. The van der Waals surface area contributed by atoms with Crippen molar-refractivity contribution in [3.63, 3.8) is 0 Å². The van der Waals surface area contributed by atoms with Crippen molar-refractivity contribution >= 4 is 39.4 Å². The summed E-state index contributed by atoms with van der Waals surface area (Å²) in [6.07, 6.45) is 0. The fraction of sp³-hybridized carbons (Fsp3) is 0.143. The number of fused-ring (bicyclic) bond motifs is 1. The van der Waals surface area contributed by atoms with E-state index in [9.17, 15) is 4.79 Å². The topological polar surface area (TPSA) is 39.2 Å². The first-order chi connectivity index (χ1) is 12.7.